The molecule has 0 bridgehead atoms. The number of hydrogen-bond acceptors (Lipinski definition) is 2. The van der Waals surface area contributed by atoms with Gasteiger partial charge in [0.1, 0.15) is 0 Å². The van der Waals surface area contributed by atoms with Crippen molar-refractivity contribution in [2.75, 3.05) is 13.2 Å². The van der Waals surface area contributed by atoms with Gasteiger partial charge in [-0.05, 0) is 38.0 Å². The Hall–Kier alpha value is -0.730. The molecule has 0 fully saturated rings. The molecule has 0 saturated heterocycles. The van der Waals surface area contributed by atoms with E-state index in [0.717, 1.165) is 6.42 Å². The fourth-order valence-corrected chi connectivity index (χ4v) is 2.59. The van der Waals surface area contributed by atoms with Crippen LogP contribution in [-0.2, 0) is 4.74 Å². The molecule has 0 aromatic carbocycles. The zero-order chi connectivity index (χ0) is 15.5. The molecule has 19 heavy (non-hydrogen) atoms. The molecule has 0 saturated carbocycles. The van der Waals surface area contributed by atoms with Gasteiger partial charge in [-0.15, -0.1) is 0 Å². The molecule has 0 aliphatic carbocycles. The highest BCUT2D eigenvalue weighted by Crippen LogP contribution is 2.33. The number of rotatable bonds is 4. The Labute approximate surface area is 119 Å². The van der Waals surface area contributed by atoms with Gasteiger partial charge < -0.3 is 9.64 Å². The molecule has 0 radical (unpaired) electrons. The van der Waals surface area contributed by atoms with Crippen LogP contribution in [0.1, 0.15) is 68.7 Å². The molecule has 3 nitrogen and oxygen atoms in total. The topological polar surface area (TPSA) is 29.5 Å². The standard InChI is InChI=1S/C16H33NO2/c1-10-19-13(18)17(12-15(5,6)7)16(8,9)11-14(2,3)4/h10-12H2,1-9H3. The Morgan fingerprint density at radius 1 is 0.947 bits per heavy atom. The first-order valence-electron chi connectivity index (χ1n) is 7.23. The molecule has 0 unspecified atom stereocenters. The van der Waals surface area contributed by atoms with E-state index >= 15 is 0 Å². The van der Waals surface area contributed by atoms with Gasteiger partial charge in [-0.3, -0.25) is 0 Å². The van der Waals surface area contributed by atoms with Gasteiger partial charge >= 0.3 is 6.09 Å². The number of carbonyl (C=O) groups excluding carboxylic acids is 1. The molecular weight excluding hydrogens is 238 g/mol. The van der Waals surface area contributed by atoms with E-state index in [4.69, 9.17) is 4.74 Å². The van der Waals surface area contributed by atoms with Crippen LogP contribution < -0.4 is 0 Å². The molecule has 1 amide bonds. The molecule has 114 valence electrons. The number of ether oxygens (including phenoxy) is 1. The van der Waals surface area contributed by atoms with Crippen molar-refractivity contribution in [2.24, 2.45) is 10.8 Å². The second-order valence-corrected chi connectivity index (χ2v) is 8.40. The summed E-state index contributed by atoms with van der Waals surface area (Å²) in [5.74, 6) is 0. The third-order valence-electron chi connectivity index (χ3n) is 2.81. The fraction of sp³-hybridized carbons (Fsp3) is 0.938. The van der Waals surface area contributed by atoms with Crippen LogP contribution >= 0.6 is 0 Å². The fourth-order valence-electron chi connectivity index (χ4n) is 2.59. The highest BCUT2D eigenvalue weighted by molar-refractivity contribution is 5.68. The molecule has 0 spiro atoms. The van der Waals surface area contributed by atoms with E-state index in [2.05, 4.69) is 55.4 Å². The van der Waals surface area contributed by atoms with Crippen molar-refractivity contribution in [3.63, 3.8) is 0 Å². The molecule has 0 aliphatic rings. The summed E-state index contributed by atoms with van der Waals surface area (Å²) in [7, 11) is 0. The molecule has 0 N–H and O–H groups in total. The van der Waals surface area contributed by atoms with Crippen LogP contribution in [-0.4, -0.2) is 29.7 Å². The van der Waals surface area contributed by atoms with Crippen molar-refractivity contribution in [3.8, 4) is 0 Å². The first-order chi connectivity index (χ1) is 8.28. The van der Waals surface area contributed by atoms with Gasteiger partial charge in [0.05, 0.1) is 6.61 Å². The van der Waals surface area contributed by atoms with Gasteiger partial charge in [-0.1, -0.05) is 41.5 Å². The molecule has 3 heteroatoms. The maximum atomic E-state index is 12.3. The lowest BCUT2D eigenvalue weighted by Crippen LogP contribution is -2.52. The van der Waals surface area contributed by atoms with Gasteiger partial charge in [-0.25, -0.2) is 4.79 Å². The zero-order valence-electron chi connectivity index (χ0n) is 14.4. The van der Waals surface area contributed by atoms with Gasteiger partial charge in [0.2, 0.25) is 0 Å². The minimum absolute atomic E-state index is 0.0575. The maximum absolute atomic E-state index is 12.3. The first-order valence-corrected chi connectivity index (χ1v) is 7.23. The third-order valence-corrected chi connectivity index (χ3v) is 2.81. The van der Waals surface area contributed by atoms with E-state index in [1.807, 2.05) is 11.8 Å². The van der Waals surface area contributed by atoms with Crippen LogP contribution in [0.15, 0.2) is 0 Å². The summed E-state index contributed by atoms with van der Waals surface area (Å²) in [6.45, 7) is 20.3. The molecule has 0 aromatic rings. The third kappa shape index (κ3) is 7.44. The zero-order valence-corrected chi connectivity index (χ0v) is 14.4. The Kier molecular flexibility index (Phi) is 5.91. The highest BCUT2D eigenvalue weighted by atomic mass is 16.6. The Bertz CT molecular complexity index is 295. The summed E-state index contributed by atoms with van der Waals surface area (Å²) in [4.78, 5) is 14.1. The summed E-state index contributed by atoms with van der Waals surface area (Å²) in [5, 5.41) is 0. The quantitative estimate of drug-likeness (QED) is 0.741. The van der Waals surface area contributed by atoms with E-state index in [9.17, 15) is 4.79 Å². The number of carbonyl (C=O) groups is 1. The minimum atomic E-state index is -0.211. The summed E-state index contributed by atoms with van der Waals surface area (Å²) in [6.07, 6.45) is 0.737. The van der Waals surface area contributed by atoms with E-state index < -0.39 is 0 Å². The molecule has 0 aliphatic heterocycles. The predicted molar refractivity (Wildman–Crippen MR) is 81.3 cm³/mol. The normalized spacial score (nSPS) is 13.3. The van der Waals surface area contributed by atoms with Crippen molar-refractivity contribution in [1.29, 1.82) is 0 Å². The lowest BCUT2D eigenvalue weighted by Gasteiger charge is -2.44. The van der Waals surface area contributed by atoms with Crippen molar-refractivity contribution < 1.29 is 9.53 Å². The van der Waals surface area contributed by atoms with Crippen LogP contribution in [0, 0.1) is 10.8 Å². The maximum Gasteiger partial charge on any atom is 0.410 e. The van der Waals surface area contributed by atoms with Gasteiger partial charge in [0, 0.05) is 12.1 Å². The monoisotopic (exact) mass is 271 g/mol. The number of amides is 1. The lowest BCUT2D eigenvalue weighted by molar-refractivity contribution is 0.0300. The summed E-state index contributed by atoms with van der Waals surface area (Å²) in [5.41, 5.74) is 0.0197. The van der Waals surface area contributed by atoms with Gasteiger partial charge in [0.25, 0.3) is 0 Å². The summed E-state index contributed by atoms with van der Waals surface area (Å²) < 4.78 is 5.24. The average molecular weight is 271 g/mol. The van der Waals surface area contributed by atoms with Crippen LogP contribution in [0.25, 0.3) is 0 Å². The van der Waals surface area contributed by atoms with E-state index in [-0.39, 0.29) is 22.5 Å². The minimum Gasteiger partial charge on any atom is -0.450 e. The van der Waals surface area contributed by atoms with E-state index in [1.54, 1.807) is 0 Å². The Balaban J connectivity index is 5.16. The molecule has 0 atom stereocenters. The second kappa shape index (κ2) is 6.15. The summed E-state index contributed by atoms with van der Waals surface area (Å²) >= 11 is 0. The van der Waals surface area contributed by atoms with Crippen LogP contribution in [0.3, 0.4) is 0 Å². The highest BCUT2D eigenvalue weighted by Gasteiger charge is 2.37. The van der Waals surface area contributed by atoms with Crippen molar-refractivity contribution in [1.82, 2.24) is 4.90 Å². The largest absolute Gasteiger partial charge is 0.450 e. The van der Waals surface area contributed by atoms with Crippen LogP contribution in [0.5, 0.6) is 0 Å². The Morgan fingerprint density at radius 2 is 1.42 bits per heavy atom. The Morgan fingerprint density at radius 3 is 1.74 bits per heavy atom. The van der Waals surface area contributed by atoms with E-state index in [0.29, 0.717) is 13.2 Å². The van der Waals surface area contributed by atoms with E-state index in [1.165, 1.54) is 0 Å². The van der Waals surface area contributed by atoms with Crippen LogP contribution in [0.4, 0.5) is 4.79 Å². The number of hydrogen-bond donors (Lipinski definition) is 0. The van der Waals surface area contributed by atoms with Crippen molar-refractivity contribution in [3.05, 3.63) is 0 Å². The molecule has 0 heterocycles. The number of nitrogens with zero attached hydrogens (tertiary/aromatic N) is 1. The second-order valence-electron chi connectivity index (χ2n) is 8.40. The first kappa shape index (κ1) is 18.3. The summed E-state index contributed by atoms with van der Waals surface area (Å²) in [6, 6.07) is 0. The average Bonchev–Trinajstić information content (AvgIpc) is 2.08. The molecular formula is C16H33NO2. The van der Waals surface area contributed by atoms with Gasteiger partial charge in [-0.2, -0.15) is 0 Å². The van der Waals surface area contributed by atoms with Crippen molar-refractivity contribution in [2.45, 2.75) is 74.3 Å². The molecule has 0 rings (SSSR count). The van der Waals surface area contributed by atoms with Crippen LogP contribution in [0.2, 0.25) is 0 Å². The SMILES string of the molecule is CCOC(=O)N(CC(C)(C)C)C(C)(C)CC(C)(C)C. The van der Waals surface area contributed by atoms with Gasteiger partial charge in [0.15, 0.2) is 0 Å². The lowest BCUT2D eigenvalue weighted by atomic mass is 9.80. The smallest absolute Gasteiger partial charge is 0.410 e. The predicted octanol–water partition coefficient (Wildman–Crippen LogP) is 4.71. The van der Waals surface area contributed by atoms with Crippen molar-refractivity contribution >= 4 is 6.09 Å². The molecule has 0 aromatic heterocycles.